The minimum absolute atomic E-state index is 0.234. The minimum Gasteiger partial charge on any atom is -0.379 e. The van der Waals surface area contributed by atoms with Crippen molar-refractivity contribution in [3.05, 3.63) is 78.4 Å². The maximum absolute atomic E-state index is 14.9. The Bertz CT molecular complexity index is 1080. The van der Waals surface area contributed by atoms with Gasteiger partial charge in [0.05, 0.1) is 22.8 Å². The van der Waals surface area contributed by atoms with Gasteiger partial charge in [-0.3, -0.25) is 4.98 Å². The Labute approximate surface area is 197 Å². The van der Waals surface area contributed by atoms with Crippen molar-refractivity contribution in [1.29, 1.82) is 0 Å². The second-order valence-corrected chi connectivity index (χ2v) is 8.52. The van der Waals surface area contributed by atoms with Gasteiger partial charge in [-0.2, -0.15) is 0 Å². The largest absolute Gasteiger partial charge is 0.379 e. The van der Waals surface area contributed by atoms with Gasteiger partial charge in [0.1, 0.15) is 5.82 Å². The molecule has 0 saturated heterocycles. The molecule has 3 nitrogen and oxygen atoms in total. The second-order valence-electron chi connectivity index (χ2n) is 8.52. The van der Waals surface area contributed by atoms with E-state index in [9.17, 15) is 4.39 Å². The van der Waals surface area contributed by atoms with Crippen LogP contribution in [0, 0.1) is 5.82 Å². The maximum atomic E-state index is 14.9. The standard InChI is InChI=1S/C29H35FN2O/c1-4-6-10-18-33-22(3)12-8-7-9-13-23-14-16-26(27(30)19-23)24-15-17-28-29(20-24)31-21-25(32-28)11-5-2/h5,9,13-17,19-22H,2,4,6-8,10-12,18H2,1,3H3/b13-9+. The summed E-state index contributed by atoms with van der Waals surface area (Å²) in [5.41, 5.74) is 4.68. The summed E-state index contributed by atoms with van der Waals surface area (Å²) < 4.78 is 20.7. The summed E-state index contributed by atoms with van der Waals surface area (Å²) in [7, 11) is 0. The predicted octanol–water partition coefficient (Wildman–Crippen LogP) is 7.94. The van der Waals surface area contributed by atoms with Gasteiger partial charge in [0.25, 0.3) is 0 Å². The molecule has 1 aromatic heterocycles. The fourth-order valence-electron chi connectivity index (χ4n) is 3.79. The molecule has 1 atom stereocenters. The molecule has 3 rings (SSSR count). The van der Waals surface area contributed by atoms with Crippen LogP contribution in [0.25, 0.3) is 28.2 Å². The third-order valence-corrected chi connectivity index (χ3v) is 5.69. The van der Waals surface area contributed by atoms with Gasteiger partial charge in [-0.15, -0.1) is 6.58 Å². The normalized spacial score (nSPS) is 12.5. The van der Waals surface area contributed by atoms with Crippen molar-refractivity contribution in [1.82, 2.24) is 9.97 Å². The van der Waals surface area contributed by atoms with Crippen molar-refractivity contribution in [3.63, 3.8) is 0 Å². The molecule has 0 fully saturated rings. The van der Waals surface area contributed by atoms with Crippen LogP contribution in [0.5, 0.6) is 0 Å². The summed E-state index contributed by atoms with van der Waals surface area (Å²) in [5.74, 6) is -0.234. The molecule has 0 bridgehead atoms. The van der Waals surface area contributed by atoms with E-state index in [0.717, 1.165) is 60.1 Å². The van der Waals surface area contributed by atoms with Crippen molar-refractivity contribution in [2.24, 2.45) is 0 Å². The lowest BCUT2D eigenvalue weighted by atomic mass is 10.0. The molecule has 0 saturated carbocycles. The van der Waals surface area contributed by atoms with Gasteiger partial charge in [-0.05, 0) is 61.9 Å². The molecule has 0 N–H and O–H groups in total. The number of rotatable bonds is 13. The molecule has 33 heavy (non-hydrogen) atoms. The third-order valence-electron chi connectivity index (χ3n) is 5.69. The number of hydrogen-bond donors (Lipinski definition) is 0. The SMILES string of the molecule is C=CCc1cnc2cc(-c3ccc(/C=C/CCCC(C)OCCCCC)cc3F)ccc2n1. The van der Waals surface area contributed by atoms with Gasteiger partial charge in [0.2, 0.25) is 0 Å². The van der Waals surface area contributed by atoms with E-state index >= 15 is 0 Å². The fourth-order valence-corrected chi connectivity index (χ4v) is 3.79. The molecule has 0 radical (unpaired) electrons. The lowest BCUT2D eigenvalue weighted by Crippen LogP contribution is -2.08. The molecular formula is C29H35FN2O. The van der Waals surface area contributed by atoms with Gasteiger partial charge in [-0.25, -0.2) is 9.37 Å². The molecule has 174 valence electrons. The van der Waals surface area contributed by atoms with Crippen molar-refractivity contribution in [2.45, 2.75) is 64.9 Å². The van der Waals surface area contributed by atoms with E-state index in [1.807, 2.05) is 36.4 Å². The molecule has 4 heteroatoms. The lowest BCUT2D eigenvalue weighted by molar-refractivity contribution is 0.0566. The van der Waals surface area contributed by atoms with E-state index in [-0.39, 0.29) is 5.82 Å². The van der Waals surface area contributed by atoms with Crippen LogP contribution in [0.2, 0.25) is 0 Å². The highest BCUT2D eigenvalue weighted by Crippen LogP contribution is 2.26. The van der Waals surface area contributed by atoms with Crippen molar-refractivity contribution < 1.29 is 9.13 Å². The first-order chi connectivity index (χ1) is 16.1. The summed E-state index contributed by atoms with van der Waals surface area (Å²) in [5, 5.41) is 0. The van der Waals surface area contributed by atoms with Crippen LogP contribution in [0.4, 0.5) is 4.39 Å². The molecule has 1 unspecified atom stereocenters. The highest BCUT2D eigenvalue weighted by Gasteiger charge is 2.08. The van der Waals surface area contributed by atoms with Crippen LogP contribution in [0.15, 0.2) is 61.3 Å². The first-order valence-corrected chi connectivity index (χ1v) is 12.1. The predicted molar refractivity (Wildman–Crippen MR) is 137 cm³/mol. The topological polar surface area (TPSA) is 35.0 Å². The summed E-state index contributed by atoms with van der Waals surface area (Å²) in [6, 6.07) is 11.1. The van der Waals surface area contributed by atoms with E-state index < -0.39 is 0 Å². The molecule has 0 amide bonds. The Kier molecular flexibility index (Phi) is 9.77. The molecular weight excluding hydrogens is 411 g/mol. The zero-order valence-corrected chi connectivity index (χ0v) is 19.9. The van der Waals surface area contributed by atoms with Crippen LogP contribution < -0.4 is 0 Å². The van der Waals surface area contributed by atoms with E-state index in [1.165, 1.54) is 12.8 Å². The van der Waals surface area contributed by atoms with E-state index in [1.54, 1.807) is 18.3 Å². The van der Waals surface area contributed by atoms with Crippen molar-refractivity contribution in [2.75, 3.05) is 6.61 Å². The lowest BCUT2D eigenvalue weighted by Gasteiger charge is -2.12. The van der Waals surface area contributed by atoms with Crippen molar-refractivity contribution in [3.8, 4) is 11.1 Å². The van der Waals surface area contributed by atoms with Gasteiger partial charge >= 0.3 is 0 Å². The first kappa shape index (κ1) is 24.8. The zero-order valence-electron chi connectivity index (χ0n) is 19.9. The van der Waals surface area contributed by atoms with Gasteiger partial charge in [-0.1, -0.05) is 56.2 Å². The smallest absolute Gasteiger partial charge is 0.131 e. The Morgan fingerprint density at radius 2 is 1.97 bits per heavy atom. The average Bonchev–Trinajstić information content (AvgIpc) is 2.82. The number of benzene rings is 2. The van der Waals surface area contributed by atoms with E-state index in [0.29, 0.717) is 18.1 Å². The Morgan fingerprint density at radius 1 is 1.09 bits per heavy atom. The maximum Gasteiger partial charge on any atom is 0.131 e. The number of hydrogen-bond acceptors (Lipinski definition) is 3. The molecule has 0 aliphatic rings. The monoisotopic (exact) mass is 446 g/mol. The van der Waals surface area contributed by atoms with E-state index in [4.69, 9.17) is 4.74 Å². The second kappa shape index (κ2) is 13.0. The molecule has 0 spiro atoms. The Morgan fingerprint density at radius 3 is 2.76 bits per heavy atom. The van der Waals surface area contributed by atoms with Crippen LogP contribution in [0.1, 0.15) is 63.6 Å². The molecule has 1 heterocycles. The number of aromatic nitrogens is 2. The van der Waals surface area contributed by atoms with Crippen LogP contribution in [-0.2, 0) is 11.2 Å². The van der Waals surface area contributed by atoms with Crippen LogP contribution in [-0.4, -0.2) is 22.7 Å². The number of ether oxygens (including phenoxy) is 1. The van der Waals surface area contributed by atoms with E-state index in [2.05, 4.69) is 36.5 Å². The number of unbranched alkanes of at least 4 members (excludes halogenated alkanes) is 3. The number of fused-ring (bicyclic) bond motifs is 1. The molecule has 0 aliphatic carbocycles. The summed E-state index contributed by atoms with van der Waals surface area (Å²) >= 11 is 0. The van der Waals surface area contributed by atoms with Crippen LogP contribution in [0.3, 0.4) is 0 Å². The third kappa shape index (κ3) is 7.61. The highest BCUT2D eigenvalue weighted by atomic mass is 19.1. The quantitative estimate of drug-likeness (QED) is 0.197. The van der Waals surface area contributed by atoms with Crippen LogP contribution >= 0.6 is 0 Å². The highest BCUT2D eigenvalue weighted by molar-refractivity contribution is 5.81. The Hall–Kier alpha value is -2.85. The molecule has 0 aliphatic heterocycles. The number of halogens is 1. The number of allylic oxidation sites excluding steroid dienone is 2. The van der Waals surface area contributed by atoms with Gasteiger partial charge in [0.15, 0.2) is 0 Å². The summed E-state index contributed by atoms with van der Waals surface area (Å²) in [6.45, 7) is 8.94. The molecule has 2 aromatic carbocycles. The van der Waals surface area contributed by atoms with Gasteiger partial charge in [0, 0.05) is 24.8 Å². The first-order valence-electron chi connectivity index (χ1n) is 12.1. The fraction of sp³-hybridized carbons (Fsp3) is 0.379. The summed E-state index contributed by atoms with van der Waals surface area (Å²) in [4.78, 5) is 9.05. The van der Waals surface area contributed by atoms with Gasteiger partial charge < -0.3 is 4.74 Å². The minimum atomic E-state index is -0.234. The average molecular weight is 447 g/mol. The Balaban J connectivity index is 1.55. The zero-order chi connectivity index (χ0) is 23.5. The summed E-state index contributed by atoms with van der Waals surface area (Å²) in [6.07, 6.45) is 15.3. The van der Waals surface area contributed by atoms with Crippen molar-refractivity contribution >= 4 is 17.1 Å². The number of nitrogens with zero attached hydrogens (tertiary/aromatic N) is 2. The molecule has 3 aromatic rings.